The minimum absolute atomic E-state index is 0.0771. The highest BCUT2D eigenvalue weighted by atomic mass is 32.2. The molecule has 1 fully saturated rings. The van der Waals surface area contributed by atoms with Crippen LogP contribution >= 0.6 is 0 Å². The standard InChI is InChI=1S/C16H15F3N2O5S/c17-16(18,19)27(23,24)26-14-6-4-11-7-12(3-5-13(11)21-14)15(22)25-9-20-8-10-1-2-10/h3-7,10,20H,1-2,8-9H2. The van der Waals surface area contributed by atoms with Crippen LogP contribution in [0.3, 0.4) is 0 Å². The molecule has 27 heavy (non-hydrogen) atoms. The summed E-state index contributed by atoms with van der Waals surface area (Å²) in [5, 5.41) is 3.42. The SMILES string of the molecule is O=C(OCNCC1CC1)c1ccc2nc(OS(=O)(=O)C(F)(F)F)ccc2c1. The monoisotopic (exact) mass is 404 g/mol. The number of fused-ring (bicyclic) bond motifs is 1. The molecule has 1 saturated carbocycles. The quantitative estimate of drug-likeness (QED) is 0.249. The van der Waals surface area contributed by atoms with E-state index in [1.54, 1.807) is 0 Å². The highest BCUT2D eigenvalue weighted by molar-refractivity contribution is 7.87. The molecule has 0 unspecified atom stereocenters. The van der Waals surface area contributed by atoms with Crippen molar-refractivity contribution in [3.8, 4) is 5.88 Å². The van der Waals surface area contributed by atoms with E-state index in [0.717, 1.165) is 12.6 Å². The Morgan fingerprint density at radius 3 is 2.63 bits per heavy atom. The van der Waals surface area contributed by atoms with E-state index in [4.69, 9.17) is 4.74 Å². The molecule has 7 nitrogen and oxygen atoms in total. The molecular formula is C16H15F3N2O5S. The molecule has 1 aliphatic rings. The number of carbonyl (C=O) groups excluding carboxylic acids is 1. The molecule has 146 valence electrons. The molecule has 11 heteroatoms. The molecule has 0 saturated heterocycles. The van der Waals surface area contributed by atoms with Crippen molar-refractivity contribution in [1.82, 2.24) is 10.3 Å². The zero-order chi connectivity index (χ0) is 19.7. The van der Waals surface area contributed by atoms with Crippen LogP contribution in [-0.4, -0.2) is 38.2 Å². The molecule has 0 amide bonds. The van der Waals surface area contributed by atoms with Gasteiger partial charge in [0.15, 0.2) is 0 Å². The van der Waals surface area contributed by atoms with Crippen molar-refractivity contribution in [3.05, 3.63) is 35.9 Å². The Balaban J connectivity index is 1.68. The van der Waals surface area contributed by atoms with Gasteiger partial charge in [0.2, 0.25) is 5.88 Å². The van der Waals surface area contributed by atoms with Gasteiger partial charge in [0.05, 0.1) is 11.1 Å². The molecule has 0 atom stereocenters. The molecule has 0 aliphatic heterocycles. The first-order valence-electron chi connectivity index (χ1n) is 7.95. The van der Waals surface area contributed by atoms with Crippen LogP contribution in [0, 0.1) is 5.92 Å². The van der Waals surface area contributed by atoms with Crippen LogP contribution < -0.4 is 9.50 Å². The number of rotatable bonds is 7. The number of pyridine rings is 1. The Labute approximate surface area is 152 Å². The lowest BCUT2D eigenvalue weighted by atomic mass is 10.1. The van der Waals surface area contributed by atoms with E-state index < -0.39 is 27.5 Å². The number of aromatic nitrogens is 1. The number of carbonyl (C=O) groups is 1. The topological polar surface area (TPSA) is 94.6 Å². The highest BCUT2D eigenvalue weighted by Crippen LogP contribution is 2.28. The smallest absolute Gasteiger partial charge is 0.446 e. The summed E-state index contributed by atoms with van der Waals surface area (Å²) in [6, 6.07) is 6.44. The van der Waals surface area contributed by atoms with Crippen LogP contribution in [0.2, 0.25) is 0 Å². The zero-order valence-electron chi connectivity index (χ0n) is 13.8. The molecule has 1 heterocycles. The molecule has 1 aliphatic carbocycles. The Morgan fingerprint density at radius 2 is 1.96 bits per heavy atom. The largest absolute Gasteiger partial charge is 0.534 e. The number of ether oxygens (including phenoxy) is 1. The first-order chi connectivity index (χ1) is 12.7. The van der Waals surface area contributed by atoms with E-state index in [1.807, 2.05) is 0 Å². The number of hydrogen-bond acceptors (Lipinski definition) is 7. The minimum Gasteiger partial charge on any atom is -0.446 e. The average molecular weight is 404 g/mol. The average Bonchev–Trinajstić information content (AvgIpc) is 3.41. The summed E-state index contributed by atoms with van der Waals surface area (Å²) in [6.45, 7) is 0.867. The normalized spacial score (nSPS) is 14.9. The first kappa shape index (κ1) is 19.4. The Bertz CT molecular complexity index is 958. The Morgan fingerprint density at radius 1 is 1.22 bits per heavy atom. The fraction of sp³-hybridized carbons (Fsp3) is 0.375. The fourth-order valence-electron chi connectivity index (χ4n) is 2.22. The summed E-state index contributed by atoms with van der Waals surface area (Å²) in [5.41, 5.74) is -5.16. The molecule has 1 aromatic heterocycles. The number of hydrogen-bond donors (Lipinski definition) is 1. The van der Waals surface area contributed by atoms with Gasteiger partial charge in [-0.25, -0.2) is 9.78 Å². The van der Waals surface area contributed by atoms with Crippen molar-refractivity contribution in [2.75, 3.05) is 13.3 Å². The van der Waals surface area contributed by atoms with Crippen molar-refractivity contribution in [1.29, 1.82) is 0 Å². The van der Waals surface area contributed by atoms with E-state index in [0.29, 0.717) is 11.3 Å². The van der Waals surface area contributed by atoms with Crippen LogP contribution in [0.5, 0.6) is 5.88 Å². The van der Waals surface area contributed by atoms with Crippen LogP contribution in [0.25, 0.3) is 10.9 Å². The minimum atomic E-state index is -5.80. The number of halogens is 3. The molecule has 1 N–H and O–H groups in total. The van der Waals surface area contributed by atoms with Crippen molar-refractivity contribution in [2.45, 2.75) is 18.3 Å². The summed E-state index contributed by atoms with van der Waals surface area (Å²) in [7, 11) is -5.80. The number of benzene rings is 1. The second-order valence-corrected chi connectivity index (χ2v) is 7.55. The fourth-order valence-corrected chi connectivity index (χ4v) is 2.64. The highest BCUT2D eigenvalue weighted by Gasteiger charge is 2.48. The Hall–Kier alpha value is -2.40. The summed E-state index contributed by atoms with van der Waals surface area (Å²) in [5.74, 6) is -0.646. The Kier molecular flexibility index (Phi) is 5.24. The van der Waals surface area contributed by atoms with Gasteiger partial charge in [-0.15, -0.1) is 0 Å². The zero-order valence-corrected chi connectivity index (χ0v) is 14.6. The van der Waals surface area contributed by atoms with Crippen molar-refractivity contribution in [3.63, 3.8) is 0 Å². The van der Waals surface area contributed by atoms with Crippen LogP contribution in [0.15, 0.2) is 30.3 Å². The lowest BCUT2D eigenvalue weighted by molar-refractivity contribution is -0.0501. The van der Waals surface area contributed by atoms with Gasteiger partial charge < -0.3 is 8.92 Å². The summed E-state index contributed by atoms with van der Waals surface area (Å²) in [6.07, 6.45) is 2.35. The van der Waals surface area contributed by atoms with E-state index in [9.17, 15) is 26.4 Å². The van der Waals surface area contributed by atoms with E-state index in [1.165, 1.54) is 37.1 Å². The van der Waals surface area contributed by atoms with Crippen molar-refractivity contribution >= 4 is 27.0 Å². The molecule has 0 bridgehead atoms. The summed E-state index contributed by atoms with van der Waals surface area (Å²) in [4.78, 5) is 15.7. The van der Waals surface area contributed by atoms with E-state index in [2.05, 4.69) is 14.5 Å². The van der Waals surface area contributed by atoms with Crippen molar-refractivity contribution < 1.29 is 35.3 Å². The van der Waals surface area contributed by atoms with Gasteiger partial charge in [0.1, 0.15) is 6.73 Å². The number of esters is 1. The van der Waals surface area contributed by atoms with E-state index in [-0.39, 0.29) is 17.8 Å². The van der Waals surface area contributed by atoms with E-state index >= 15 is 0 Å². The van der Waals surface area contributed by atoms with Crippen LogP contribution in [0.1, 0.15) is 23.2 Å². The van der Waals surface area contributed by atoms with Crippen LogP contribution in [-0.2, 0) is 14.9 Å². The lowest BCUT2D eigenvalue weighted by Crippen LogP contribution is -2.28. The second-order valence-electron chi connectivity index (χ2n) is 6.01. The van der Waals surface area contributed by atoms with Gasteiger partial charge >= 0.3 is 21.6 Å². The van der Waals surface area contributed by atoms with Gasteiger partial charge in [-0.2, -0.15) is 21.6 Å². The summed E-state index contributed by atoms with van der Waals surface area (Å²) < 4.78 is 68.2. The lowest BCUT2D eigenvalue weighted by Gasteiger charge is -2.09. The number of nitrogens with one attached hydrogen (secondary N) is 1. The van der Waals surface area contributed by atoms with Gasteiger partial charge in [0, 0.05) is 18.0 Å². The van der Waals surface area contributed by atoms with Crippen LogP contribution in [0.4, 0.5) is 13.2 Å². The number of alkyl halides is 3. The molecule has 1 aromatic carbocycles. The van der Waals surface area contributed by atoms with Gasteiger partial charge in [-0.1, -0.05) is 0 Å². The molecule has 3 rings (SSSR count). The maximum absolute atomic E-state index is 12.4. The van der Waals surface area contributed by atoms with Gasteiger partial charge in [-0.3, -0.25) is 5.32 Å². The number of nitrogens with zero attached hydrogens (tertiary/aromatic N) is 1. The maximum atomic E-state index is 12.4. The third kappa shape index (κ3) is 4.86. The summed E-state index contributed by atoms with van der Waals surface area (Å²) >= 11 is 0. The van der Waals surface area contributed by atoms with Gasteiger partial charge in [0.25, 0.3) is 0 Å². The third-order valence-electron chi connectivity index (χ3n) is 3.81. The predicted octanol–water partition coefficient (Wildman–Crippen LogP) is 2.58. The molecule has 0 spiro atoms. The predicted molar refractivity (Wildman–Crippen MR) is 88.4 cm³/mol. The maximum Gasteiger partial charge on any atom is 0.534 e. The van der Waals surface area contributed by atoms with Gasteiger partial charge in [-0.05, 0) is 43.0 Å². The molecule has 0 radical (unpaired) electrons. The first-order valence-corrected chi connectivity index (χ1v) is 9.36. The molecule has 2 aromatic rings. The molecular weight excluding hydrogens is 389 g/mol. The van der Waals surface area contributed by atoms with Crippen molar-refractivity contribution in [2.24, 2.45) is 5.92 Å². The second kappa shape index (κ2) is 7.31. The third-order valence-corrected chi connectivity index (χ3v) is 4.77.